The summed E-state index contributed by atoms with van der Waals surface area (Å²) in [4.78, 5) is 4.77. The van der Waals surface area contributed by atoms with E-state index in [4.69, 9.17) is 17.3 Å². The van der Waals surface area contributed by atoms with Crippen molar-refractivity contribution in [1.29, 1.82) is 0 Å². The van der Waals surface area contributed by atoms with Crippen molar-refractivity contribution in [2.45, 2.75) is 19.5 Å². The zero-order valence-corrected chi connectivity index (χ0v) is 17.8. The zero-order valence-electron chi connectivity index (χ0n) is 16.2. The van der Waals surface area contributed by atoms with Crippen LogP contribution in [-0.4, -0.2) is 65.4 Å². The van der Waals surface area contributed by atoms with Gasteiger partial charge in [-0.05, 0) is 36.7 Å². The van der Waals surface area contributed by atoms with E-state index in [1.807, 2.05) is 22.4 Å². The second kappa shape index (κ2) is 7.96. The minimum atomic E-state index is -2.87. The number of para-hydroxylation sites is 1. The molecule has 2 aromatic rings. The SMILES string of the molecule is Cn1c(CC2CCS(=O)(=O)C2)nn(CN2CCN(c3ccccc3)CC2)c1=S. The highest BCUT2D eigenvalue weighted by molar-refractivity contribution is 7.91. The molecular formula is C19H27N5O2S2. The van der Waals surface area contributed by atoms with Gasteiger partial charge in [0.1, 0.15) is 5.82 Å². The minimum absolute atomic E-state index is 0.156. The lowest BCUT2D eigenvalue weighted by atomic mass is 10.1. The van der Waals surface area contributed by atoms with Gasteiger partial charge in [0, 0.05) is 45.3 Å². The lowest BCUT2D eigenvalue weighted by Gasteiger charge is -2.35. The first-order chi connectivity index (χ1) is 13.4. The third-order valence-corrected chi connectivity index (χ3v) is 8.08. The molecule has 4 rings (SSSR count). The van der Waals surface area contributed by atoms with Crippen LogP contribution in [0.25, 0.3) is 0 Å². The summed E-state index contributed by atoms with van der Waals surface area (Å²) in [6.45, 7) is 4.57. The number of anilines is 1. The quantitative estimate of drug-likeness (QED) is 0.685. The normalized spacial score (nSPS) is 22.6. The summed E-state index contributed by atoms with van der Waals surface area (Å²) in [6, 6.07) is 10.5. The van der Waals surface area contributed by atoms with Gasteiger partial charge in [-0.3, -0.25) is 4.90 Å². The molecule has 1 unspecified atom stereocenters. The van der Waals surface area contributed by atoms with Crippen LogP contribution in [-0.2, 0) is 30.0 Å². The molecule has 0 aliphatic carbocycles. The van der Waals surface area contributed by atoms with Crippen molar-refractivity contribution < 1.29 is 8.42 Å². The zero-order chi connectivity index (χ0) is 19.7. The number of aromatic nitrogens is 3. The predicted octanol–water partition coefficient (Wildman–Crippen LogP) is 1.71. The maximum atomic E-state index is 11.7. The molecule has 0 saturated carbocycles. The van der Waals surface area contributed by atoms with Crippen LogP contribution in [0.5, 0.6) is 0 Å². The largest absolute Gasteiger partial charge is 0.369 e. The summed E-state index contributed by atoms with van der Waals surface area (Å²) in [5, 5.41) is 4.72. The molecule has 152 valence electrons. The highest BCUT2D eigenvalue weighted by atomic mass is 32.2. The van der Waals surface area contributed by atoms with Crippen molar-refractivity contribution in [3.05, 3.63) is 40.9 Å². The fourth-order valence-electron chi connectivity index (χ4n) is 4.07. The van der Waals surface area contributed by atoms with Crippen LogP contribution in [0.4, 0.5) is 5.69 Å². The smallest absolute Gasteiger partial charge is 0.198 e. The van der Waals surface area contributed by atoms with Gasteiger partial charge in [0.15, 0.2) is 14.6 Å². The number of hydrogen-bond acceptors (Lipinski definition) is 6. The van der Waals surface area contributed by atoms with Gasteiger partial charge in [0.2, 0.25) is 0 Å². The Morgan fingerprint density at radius 3 is 2.50 bits per heavy atom. The minimum Gasteiger partial charge on any atom is -0.369 e. The molecule has 0 spiro atoms. The number of rotatable bonds is 5. The molecule has 1 atom stereocenters. The molecule has 1 aromatic heterocycles. The van der Waals surface area contributed by atoms with E-state index in [0.29, 0.717) is 23.6 Å². The lowest BCUT2D eigenvalue weighted by molar-refractivity contribution is 0.194. The Kier molecular flexibility index (Phi) is 5.57. The second-order valence-electron chi connectivity index (χ2n) is 7.81. The monoisotopic (exact) mass is 421 g/mol. The van der Waals surface area contributed by atoms with E-state index < -0.39 is 9.84 Å². The fraction of sp³-hybridized carbons (Fsp3) is 0.579. The van der Waals surface area contributed by atoms with Crippen molar-refractivity contribution >= 4 is 27.7 Å². The Hall–Kier alpha value is -1.71. The van der Waals surface area contributed by atoms with Crippen LogP contribution in [0.15, 0.2) is 30.3 Å². The number of benzene rings is 1. The molecule has 28 heavy (non-hydrogen) atoms. The van der Waals surface area contributed by atoms with Crippen LogP contribution in [0, 0.1) is 10.7 Å². The van der Waals surface area contributed by atoms with E-state index in [9.17, 15) is 8.42 Å². The van der Waals surface area contributed by atoms with Crippen LogP contribution in [0.3, 0.4) is 0 Å². The molecule has 2 aliphatic heterocycles. The average Bonchev–Trinajstić information content (AvgIpc) is 3.17. The molecule has 3 heterocycles. The van der Waals surface area contributed by atoms with Gasteiger partial charge in [0.25, 0.3) is 0 Å². The van der Waals surface area contributed by atoms with Crippen LogP contribution in [0.1, 0.15) is 12.2 Å². The van der Waals surface area contributed by atoms with Gasteiger partial charge in [-0.1, -0.05) is 18.2 Å². The summed E-state index contributed by atoms with van der Waals surface area (Å²) in [5.74, 6) is 1.61. The predicted molar refractivity (Wildman–Crippen MR) is 113 cm³/mol. The molecule has 0 bridgehead atoms. The summed E-state index contributed by atoms with van der Waals surface area (Å²) in [7, 11) is -0.937. The van der Waals surface area contributed by atoms with E-state index in [1.54, 1.807) is 0 Å². The molecular weight excluding hydrogens is 394 g/mol. The summed E-state index contributed by atoms with van der Waals surface area (Å²) < 4.78 is 27.9. The maximum Gasteiger partial charge on any atom is 0.198 e. The van der Waals surface area contributed by atoms with E-state index in [0.717, 1.165) is 38.4 Å². The standard InChI is InChI=1S/C19H27N5O2S2/c1-21-18(13-16-7-12-28(25,26)14-16)20-24(19(21)27)15-22-8-10-23(11-9-22)17-5-3-2-4-6-17/h2-6,16H,7-15H2,1H3. The van der Waals surface area contributed by atoms with Crippen LogP contribution >= 0.6 is 12.2 Å². The molecule has 0 N–H and O–H groups in total. The number of nitrogens with zero attached hydrogens (tertiary/aromatic N) is 5. The van der Waals surface area contributed by atoms with Gasteiger partial charge in [-0.15, -0.1) is 0 Å². The molecule has 7 nitrogen and oxygen atoms in total. The van der Waals surface area contributed by atoms with E-state index in [2.05, 4.69) is 34.1 Å². The Morgan fingerprint density at radius 2 is 1.86 bits per heavy atom. The van der Waals surface area contributed by atoms with Gasteiger partial charge < -0.3 is 9.47 Å². The van der Waals surface area contributed by atoms with E-state index in [1.165, 1.54) is 5.69 Å². The first kappa shape index (κ1) is 19.6. The highest BCUT2D eigenvalue weighted by Gasteiger charge is 2.29. The van der Waals surface area contributed by atoms with Crippen molar-refractivity contribution in [2.75, 3.05) is 42.6 Å². The van der Waals surface area contributed by atoms with Gasteiger partial charge >= 0.3 is 0 Å². The highest BCUT2D eigenvalue weighted by Crippen LogP contribution is 2.22. The molecule has 1 aromatic carbocycles. The van der Waals surface area contributed by atoms with E-state index in [-0.39, 0.29) is 11.7 Å². The van der Waals surface area contributed by atoms with Crippen molar-refractivity contribution in [3.63, 3.8) is 0 Å². The summed E-state index contributed by atoms with van der Waals surface area (Å²) >= 11 is 5.58. The van der Waals surface area contributed by atoms with Crippen LogP contribution < -0.4 is 4.90 Å². The molecule has 9 heteroatoms. The molecule has 0 radical (unpaired) electrons. The molecule has 2 aliphatic rings. The molecule has 0 amide bonds. The Labute approximate surface area is 171 Å². The first-order valence-corrected chi connectivity index (χ1v) is 12.0. The third-order valence-electron chi connectivity index (χ3n) is 5.76. The Bertz CT molecular complexity index is 975. The Morgan fingerprint density at radius 1 is 1.14 bits per heavy atom. The topological polar surface area (TPSA) is 63.4 Å². The van der Waals surface area contributed by atoms with Gasteiger partial charge in [0.05, 0.1) is 18.2 Å². The van der Waals surface area contributed by atoms with Gasteiger partial charge in [-0.25, -0.2) is 13.1 Å². The summed E-state index contributed by atoms with van der Waals surface area (Å²) in [5.41, 5.74) is 1.27. The fourth-order valence-corrected chi connectivity index (χ4v) is 6.14. The van der Waals surface area contributed by atoms with Gasteiger partial charge in [-0.2, -0.15) is 5.10 Å². The first-order valence-electron chi connectivity index (χ1n) is 9.77. The molecule has 2 saturated heterocycles. The van der Waals surface area contributed by atoms with Crippen LogP contribution in [0.2, 0.25) is 0 Å². The summed E-state index contributed by atoms with van der Waals surface area (Å²) in [6.07, 6.45) is 1.40. The second-order valence-corrected chi connectivity index (χ2v) is 10.4. The average molecular weight is 422 g/mol. The Balaban J connectivity index is 1.37. The molecule has 2 fully saturated rings. The lowest BCUT2D eigenvalue weighted by Crippen LogP contribution is -2.47. The van der Waals surface area contributed by atoms with Crippen molar-refractivity contribution in [2.24, 2.45) is 13.0 Å². The van der Waals surface area contributed by atoms with Crippen molar-refractivity contribution in [3.8, 4) is 0 Å². The number of hydrogen-bond donors (Lipinski definition) is 0. The van der Waals surface area contributed by atoms with E-state index >= 15 is 0 Å². The van der Waals surface area contributed by atoms with Crippen molar-refractivity contribution in [1.82, 2.24) is 19.2 Å². The number of sulfone groups is 1. The number of piperazine rings is 1. The maximum absolute atomic E-state index is 11.7. The third kappa shape index (κ3) is 4.31.